The topological polar surface area (TPSA) is 84.9 Å². The number of ether oxygens (including phenoxy) is 2. The molecule has 0 fully saturated rings. The molecule has 0 aromatic heterocycles. The zero-order valence-electron chi connectivity index (χ0n) is 17.4. The number of carbonyl (C=O) groups is 1. The molecule has 0 radical (unpaired) electrons. The standard InChI is InChI=1S/C21H28N2O5S/c1-6-23(7-2)29(25,26)18-10-8-9-17(13-18)21(24)22-15(3)16-11-12-19(27-4)20(14-16)28-5/h8-15H,6-7H2,1-5H3,(H,22,24). The zero-order valence-corrected chi connectivity index (χ0v) is 18.2. The Morgan fingerprint density at radius 1 is 1.03 bits per heavy atom. The molecule has 0 saturated carbocycles. The molecule has 0 aliphatic carbocycles. The van der Waals surface area contributed by atoms with Crippen LogP contribution in [0.3, 0.4) is 0 Å². The van der Waals surface area contributed by atoms with Crippen LogP contribution in [0.1, 0.15) is 42.7 Å². The van der Waals surface area contributed by atoms with E-state index in [9.17, 15) is 13.2 Å². The van der Waals surface area contributed by atoms with Gasteiger partial charge in [0, 0.05) is 18.7 Å². The van der Waals surface area contributed by atoms with Crippen LogP contribution in [0.25, 0.3) is 0 Å². The average molecular weight is 421 g/mol. The van der Waals surface area contributed by atoms with Crippen LogP contribution in [0, 0.1) is 0 Å². The van der Waals surface area contributed by atoms with E-state index in [1.807, 2.05) is 13.0 Å². The first-order valence-electron chi connectivity index (χ1n) is 9.41. The summed E-state index contributed by atoms with van der Waals surface area (Å²) in [6.07, 6.45) is 0. The first-order chi connectivity index (χ1) is 13.8. The monoisotopic (exact) mass is 420 g/mol. The Balaban J connectivity index is 2.23. The van der Waals surface area contributed by atoms with Gasteiger partial charge in [-0.3, -0.25) is 4.79 Å². The van der Waals surface area contributed by atoms with Gasteiger partial charge in [-0.2, -0.15) is 4.31 Å². The second-order valence-electron chi connectivity index (χ2n) is 6.43. The largest absolute Gasteiger partial charge is 0.493 e. The van der Waals surface area contributed by atoms with Crippen LogP contribution >= 0.6 is 0 Å². The molecule has 2 aromatic rings. The van der Waals surface area contributed by atoms with Crippen molar-refractivity contribution in [1.29, 1.82) is 0 Å². The molecule has 0 aliphatic heterocycles. The van der Waals surface area contributed by atoms with E-state index in [4.69, 9.17) is 9.47 Å². The summed E-state index contributed by atoms with van der Waals surface area (Å²) in [5.74, 6) is 0.811. The summed E-state index contributed by atoms with van der Waals surface area (Å²) in [5, 5.41) is 2.89. The summed E-state index contributed by atoms with van der Waals surface area (Å²) >= 11 is 0. The summed E-state index contributed by atoms with van der Waals surface area (Å²) in [4.78, 5) is 12.8. The summed E-state index contributed by atoms with van der Waals surface area (Å²) in [6, 6.07) is 11.2. The van der Waals surface area contributed by atoms with E-state index in [-0.39, 0.29) is 22.4 Å². The van der Waals surface area contributed by atoms with Gasteiger partial charge in [-0.1, -0.05) is 26.0 Å². The molecule has 0 saturated heterocycles. The van der Waals surface area contributed by atoms with E-state index in [0.29, 0.717) is 24.6 Å². The van der Waals surface area contributed by atoms with Gasteiger partial charge >= 0.3 is 0 Å². The minimum absolute atomic E-state index is 0.104. The van der Waals surface area contributed by atoms with Crippen LogP contribution < -0.4 is 14.8 Å². The Bertz CT molecular complexity index is 955. The van der Waals surface area contributed by atoms with Crippen molar-refractivity contribution in [2.24, 2.45) is 0 Å². The lowest BCUT2D eigenvalue weighted by Gasteiger charge is -2.19. The molecule has 29 heavy (non-hydrogen) atoms. The first kappa shape index (κ1) is 22.7. The van der Waals surface area contributed by atoms with Gasteiger partial charge in [0.15, 0.2) is 11.5 Å². The molecule has 2 rings (SSSR count). The normalized spacial score (nSPS) is 12.5. The number of rotatable bonds is 9. The van der Waals surface area contributed by atoms with Crippen molar-refractivity contribution in [2.75, 3.05) is 27.3 Å². The van der Waals surface area contributed by atoms with Crippen molar-refractivity contribution in [3.8, 4) is 11.5 Å². The maximum absolute atomic E-state index is 12.7. The average Bonchev–Trinajstić information content (AvgIpc) is 2.73. The summed E-state index contributed by atoms with van der Waals surface area (Å²) in [5.41, 5.74) is 1.12. The third-order valence-corrected chi connectivity index (χ3v) is 6.74. The summed E-state index contributed by atoms with van der Waals surface area (Å²) in [6.45, 7) is 6.14. The fourth-order valence-electron chi connectivity index (χ4n) is 3.00. The second-order valence-corrected chi connectivity index (χ2v) is 8.36. The Morgan fingerprint density at radius 3 is 2.28 bits per heavy atom. The number of nitrogens with zero attached hydrogens (tertiary/aromatic N) is 1. The fraction of sp³-hybridized carbons (Fsp3) is 0.381. The third-order valence-electron chi connectivity index (χ3n) is 4.69. The molecule has 0 spiro atoms. The number of benzene rings is 2. The van der Waals surface area contributed by atoms with Crippen LogP contribution in [-0.4, -0.2) is 45.9 Å². The molecule has 0 bridgehead atoms. The number of carbonyl (C=O) groups excluding carboxylic acids is 1. The molecular weight excluding hydrogens is 392 g/mol. The number of sulfonamides is 1. The van der Waals surface area contributed by atoms with E-state index < -0.39 is 10.0 Å². The molecule has 8 heteroatoms. The van der Waals surface area contributed by atoms with Crippen molar-refractivity contribution in [1.82, 2.24) is 9.62 Å². The highest BCUT2D eigenvalue weighted by molar-refractivity contribution is 7.89. The highest BCUT2D eigenvalue weighted by Gasteiger charge is 2.23. The lowest BCUT2D eigenvalue weighted by atomic mass is 10.1. The minimum atomic E-state index is -3.63. The van der Waals surface area contributed by atoms with E-state index in [0.717, 1.165) is 5.56 Å². The van der Waals surface area contributed by atoms with Crippen molar-refractivity contribution in [3.05, 3.63) is 53.6 Å². The Hall–Kier alpha value is -2.58. The molecule has 7 nitrogen and oxygen atoms in total. The van der Waals surface area contributed by atoms with Crippen molar-refractivity contribution >= 4 is 15.9 Å². The summed E-state index contributed by atoms with van der Waals surface area (Å²) < 4.78 is 37.3. The van der Waals surface area contributed by atoms with Crippen molar-refractivity contribution in [2.45, 2.75) is 31.7 Å². The van der Waals surface area contributed by atoms with Crippen LogP contribution in [0.15, 0.2) is 47.4 Å². The zero-order chi connectivity index (χ0) is 21.6. The lowest BCUT2D eigenvalue weighted by Crippen LogP contribution is -2.31. The number of amides is 1. The van der Waals surface area contributed by atoms with Gasteiger partial charge < -0.3 is 14.8 Å². The van der Waals surface area contributed by atoms with Gasteiger partial charge in [-0.25, -0.2) is 8.42 Å². The lowest BCUT2D eigenvalue weighted by molar-refractivity contribution is 0.0939. The minimum Gasteiger partial charge on any atom is -0.493 e. The van der Waals surface area contributed by atoms with Crippen molar-refractivity contribution < 1.29 is 22.7 Å². The van der Waals surface area contributed by atoms with E-state index in [2.05, 4.69) is 5.32 Å². The van der Waals surface area contributed by atoms with E-state index in [1.54, 1.807) is 52.3 Å². The molecule has 0 aliphatic rings. The van der Waals surface area contributed by atoms with Gasteiger partial charge in [0.05, 0.1) is 25.2 Å². The second kappa shape index (κ2) is 9.76. The smallest absolute Gasteiger partial charge is 0.251 e. The van der Waals surface area contributed by atoms with Crippen molar-refractivity contribution in [3.63, 3.8) is 0 Å². The highest BCUT2D eigenvalue weighted by atomic mass is 32.2. The number of hydrogen-bond donors (Lipinski definition) is 1. The number of methoxy groups -OCH3 is 2. The van der Waals surface area contributed by atoms with Gasteiger partial charge in [-0.05, 0) is 42.8 Å². The fourth-order valence-corrected chi connectivity index (χ4v) is 4.50. The van der Waals surface area contributed by atoms with E-state index >= 15 is 0 Å². The molecule has 1 atom stereocenters. The molecule has 2 aromatic carbocycles. The van der Waals surface area contributed by atoms with Gasteiger partial charge in [-0.15, -0.1) is 0 Å². The predicted octanol–water partition coefficient (Wildman–Crippen LogP) is 3.23. The summed E-state index contributed by atoms with van der Waals surface area (Å²) in [7, 11) is -0.526. The molecule has 1 unspecified atom stereocenters. The van der Waals surface area contributed by atoms with Gasteiger partial charge in [0.25, 0.3) is 5.91 Å². The Labute approximate surface area is 172 Å². The first-order valence-corrected chi connectivity index (χ1v) is 10.8. The molecular formula is C21H28N2O5S. The highest BCUT2D eigenvalue weighted by Crippen LogP contribution is 2.30. The van der Waals surface area contributed by atoms with Crippen LogP contribution in [-0.2, 0) is 10.0 Å². The molecule has 158 valence electrons. The SMILES string of the molecule is CCN(CC)S(=O)(=O)c1cccc(C(=O)NC(C)c2ccc(OC)c(OC)c2)c1. The number of hydrogen-bond acceptors (Lipinski definition) is 5. The maximum atomic E-state index is 12.7. The number of nitrogens with one attached hydrogen (secondary N) is 1. The predicted molar refractivity (Wildman–Crippen MR) is 112 cm³/mol. The third kappa shape index (κ3) is 5.07. The quantitative estimate of drug-likeness (QED) is 0.673. The molecule has 1 amide bonds. The van der Waals surface area contributed by atoms with Gasteiger partial charge in [0.1, 0.15) is 0 Å². The Morgan fingerprint density at radius 2 is 1.69 bits per heavy atom. The molecule has 0 heterocycles. The van der Waals surface area contributed by atoms with Crippen LogP contribution in [0.5, 0.6) is 11.5 Å². The van der Waals surface area contributed by atoms with Gasteiger partial charge in [0.2, 0.25) is 10.0 Å². The maximum Gasteiger partial charge on any atom is 0.251 e. The Kier molecular flexibility index (Phi) is 7.64. The van der Waals surface area contributed by atoms with Crippen LogP contribution in [0.4, 0.5) is 0 Å². The van der Waals surface area contributed by atoms with Crippen LogP contribution in [0.2, 0.25) is 0 Å². The molecule has 1 N–H and O–H groups in total. The van der Waals surface area contributed by atoms with E-state index in [1.165, 1.54) is 16.4 Å².